The molecule has 1 rings (SSSR count). The van der Waals surface area contributed by atoms with Crippen molar-refractivity contribution in [1.29, 1.82) is 0 Å². The zero-order valence-corrected chi connectivity index (χ0v) is 17.5. The minimum absolute atomic E-state index is 0.0338. The first-order valence-electron chi connectivity index (χ1n) is 8.91. The number of carbonyl (C=O) groups is 1. The van der Waals surface area contributed by atoms with Gasteiger partial charge in [0.2, 0.25) is 5.91 Å². The third-order valence-electron chi connectivity index (χ3n) is 4.48. The van der Waals surface area contributed by atoms with Crippen molar-refractivity contribution in [2.75, 3.05) is 11.1 Å². The van der Waals surface area contributed by atoms with Crippen LogP contribution in [0.5, 0.6) is 0 Å². The molecule has 0 saturated heterocycles. The Kier molecular flexibility index (Phi) is 6.84. The molecule has 1 heterocycles. The number of unbranched alkanes of at least 4 members (excludes halogenated alkanes) is 3. The van der Waals surface area contributed by atoms with Gasteiger partial charge in [-0.15, -0.1) is 0 Å². The molecule has 0 fully saturated rings. The van der Waals surface area contributed by atoms with Gasteiger partial charge >= 0.3 is 0 Å². The number of nitrogens with one attached hydrogen (secondary N) is 1. The van der Waals surface area contributed by atoms with Gasteiger partial charge in [0.15, 0.2) is 9.84 Å². The second kappa shape index (κ2) is 7.89. The monoisotopic (exact) mass is 371 g/mol. The Morgan fingerprint density at radius 1 is 1.16 bits per heavy atom. The highest BCUT2D eigenvalue weighted by Crippen LogP contribution is 2.25. The van der Waals surface area contributed by atoms with Crippen molar-refractivity contribution < 1.29 is 13.2 Å². The van der Waals surface area contributed by atoms with Gasteiger partial charge in [0.25, 0.3) is 0 Å². The number of sulfone groups is 1. The molecule has 0 spiro atoms. The van der Waals surface area contributed by atoms with E-state index in [0.717, 1.165) is 25.0 Å². The molecule has 1 aromatic rings. The molecule has 0 aliphatic rings. The molecule has 7 heteroatoms. The average molecular weight is 372 g/mol. The molecule has 0 unspecified atom stereocenters. The number of aryl methyl sites for hydroxylation is 1. The van der Waals surface area contributed by atoms with E-state index in [1.54, 1.807) is 17.8 Å². The third-order valence-corrected chi connectivity index (χ3v) is 7.05. The molecule has 0 aliphatic heterocycles. The van der Waals surface area contributed by atoms with E-state index in [4.69, 9.17) is 0 Å². The third kappa shape index (κ3) is 5.30. The Morgan fingerprint density at radius 3 is 2.24 bits per heavy atom. The van der Waals surface area contributed by atoms with Crippen LogP contribution in [-0.4, -0.2) is 34.6 Å². The number of rotatable bonds is 8. The number of nitrogens with zero attached hydrogens (tertiary/aromatic N) is 2. The van der Waals surface area contributed by atoms with Crippen molar-refractivity contribution in [1.82, 2.24) is 9.78 Å². The summed E-state index contributed by atoms with van der Waals surface area (Å²) in [5.74, 6) is 0.0158. The fourth-order valence-corrected chi connectivity index (χ4v) is 3.76. The first-order chi connectivity index (χ1) is 11.3. The highest BCUT2D eigenvalue weighted by Gasteiger charge is 2.41. The van der Waals surface area contributed by atoms with E-state index in [0.29, 0.717) is 12.2 Å². The van der Waals surface area contributed by atoms with Crippen LogP contribution in [0.4, 0.5) is 5.82 Å². The predicted molar refractivity (Wildman–Crippen MR) is 103 cm³/mol. The van der Waals surface area contributed by atoms with Crippen LogP contribution in [0.3, 0.4) is 0 Å². The normalized spacial score (nSPS) is 13.1. The number of anilines is 1. The van der Waals surface area contributed by atoms with Crippen molar-refractivity contribution in [3.63, 3.8) is 0 Å². The molecule has 0 atom stereocenters. The maximum absolute atomic E-state index is 12.6. The summed E-state index contributed by atoms with van der Waals surface area (Å²) in [5, 5.41) is 7.13. The Labute approximate surface area is 152 Å². The van der Waals surface area contributed by atoms with E-state index >= 15 is 0 Å². The van der Waals surface area contributed by atoms with E-state index < -0.39 is 20.5 Å². The number of carbonyl (C=O) groups excluding carboxylic acids is 1. The Bertz CT molecular complexity index is 698. The van der Waals surface area contributed by atoms with Crippen LogP contribution in [0, 0.1) is 0 Å². The van der Waals surface area contributed by atoms with Crippen LogP contribution < -0.4 is 5.32 Å². The SMILES string of the molecule is CCCCCCS(=O)(=O)C(C)(C)C(=O)Nc1cc(C(C)(C)C)nn1C. The lowest BCUT2D eigenvalue weighted by molar-refractivity contribution is -0.117. The molecular weight excluding hydrogens is 338 g/mol. The second-order valence-electron chi connectivity index (χ2n) is 8.13. The van der Waals surface area contributed by atoms with Crippen LogP contribution in [-0.2, 0) is 27.1 Å². The predicted octanol–water partition coefficient (Wildman–Crippen LogP) is 3.43. The van der Waals surface area contributed by atoms with E-state index in [1.807, 2.05) is 20.8 Å². The lowest BCUT2D eigenvalue weighted by Crippen LogP contribution is -2.45. The maximum atomic E-state index is 12.6. The van der Waals surface area contributed by atoms with Gasteiger partial charge in [-0.3, -0.25) is 9.48 Å². The van der Waals surface area contributed by atoms with Crippen LogP contribution in [0.15, 0.2) is 6.07 Å². The average Bonchev–Trinajstić information content (AvgIpc) is 2.84. The molecule has 0 aromatic carbocycles. The Hall–Kier alpha value is -1.37. The smallest absolute Gasteiger partial charge is 0.246 e. The molecule has 0 aliphatic carbocycles. The highest BCUT2D eigenvalue weighted by atomic mass is 32.2. The van der Waals surface area contributed by atoms with Gasteiger partial charge in [-0.1, -0.05) is 47.0 Å². The maximum Gasteiger partial charge on any atom is 0.246 e. The molecule has 0 radical (unpaired) electrons. The van der Waals surface area contributed by atoms with Gasteiger partial charge in [0.1, 0.15) is 10.6 Å². The van der Waals surface area contributed by atoms with Crippen molar-refractivity contribution in [2.24, 2.45) is 7.05 Å². The number of hydrogen-bond acceptors (Lipinski definition) is 4. The van der Waals surface area contributed by atoms with Gasteiger partial charge in [0.05, 0.1) is 11.4 Å². The van der Waals surface area contributed by atoms with Gasteiger partial charge in [-0.2, -0.15) is 5.10 Å². The standard InChI is InChI=1S/C18H33N3O3S/c1-8-9-10-11-12-25(23,24)18(5,6)16(22)19-15-13-14(17(2,3)4)20-21(15)7/h13H,8-12H2,1-7H3,(H,19,22). The quantitative estimate of drug-likeness (QED) is 0.710. The molecule has 0 bridgehead atoms. The van der Waals surface area contributed by atoms with Gasteiger partial charge in [-0.05, 0) is 20.3 Å². The number of amides is 1. The zero-order valence-electron chi connectivity index (χ0n) is 16.6. The molecule has 1 N–H and O–H groups in total. The van der Waals surface area contributed by atoms with Crippen LogP contribution in [0.25, 0.3) is 0 Å². The van der Waals surface area contributed by atoms with E-state index in [1.165, 1.54) is 13.8 Å². The van der Waals surface area contributed by atoms with Crippen molar-refractivity contribution in [2.45, 2.75) is 77.4 Å². The van der Waals surface area contributed by atoms with E-state index in [2.05, 4.69) is 17.3 Å². The first-order valence-corrected chi connectivity index (χ1v) is 10.6. The number of hydrogen-bond donors (Lipinski definition) is 1. The molecule has 1 aromatic heterocycles. The summed E-state index contributed by atoms with van der Waals surface area (Å²) in [6.07, 6.45) is 3.50. The molecule has 0 saturated carbocycles. The first kappa shape index (κ1) is 21.7. The summed E-state index contributed by atoms with van der Waals surface area (Å²) in [6.45, 7) is 11.1. The van der Waals surface area contributed by atoms with Gasteiger partial charge in [-0.25, -0.2) is 8.42 Å². The molecule has 1 amide bonds. The van der Waals surface area contributed by atoms with Crippen LogP contribution in [0.1, 0.15) is 72.9 Å². The fourth-order valence-electron chi connectivity index (χ4n) is 2.33. The minimum atomic E-state index is -3.54. The van der Waals surface area contributed by atoms with E-state index in [-0.39, 0.29) is 11.2 Å². The number of aromatic nitrogens is 2. The summed E-state index contributed by atoms with van der Waals surface area (Å²) >= 11 is 0. The molecule has 25 heavy (non-hydrogen) atoms. The fraction of sp³-hybridized carbons (Fsp3) is 0.778. The minimum Gasteiger partial charge on any atom is -0.310 e. The largest absolute Gasteiger partial charge is 0.310 e. The lowest BCUT2D eigenvalue weighted by atomic mass is 9.92. The highest BCUT2D eigenvalue weighted by molar-refractivity contribution is 7.93. The van der Waals surface area contributed by atoms with Crippen molar-refractivity contribution >= 4 is 21.6 Å². The summed E-state index contributed by atoms with van der Waals surface area (Å²) in [5.41, 5.74) is 0.687. The lowest BCUT2D eigenvalue weighted by Gasteiger charge is -2.23. The van der Waals surface area contributed by atoms with Crippen molar-refractivity contribution in [3.05, 3.63) is 11.8 Å². The van der Waals surface area contributed by atoms with Crippen LogP contribution >= 0.6 is 0 Å². The molecule has 144 valence electrons. The zero-order chi connectivity index (χ0) is 19.5. The summed E-state index contributed by atoms with van der Waals surface area (Å²) in [7, 11) is -1.80. The summed E-state index contributed by atoms with van der Waals surface area (Å²) in [6, 6.07) is 1.79. The Balaban J connectivity index is 2.89. The molecular formula is C18H33N3O3S. The van der Waals surface area contributed by atoms with Gasteiger partial charge < -0.3 is 5.32 Å². The van der Waals surface area contributed by atoms with Crippen LogP contribution in [0.2, 0.25) is 0 Å². The van der Waals surface area contributed by atoms with Crippen molar-refractivity contribution in [3.8, 4) is 0 Å². The summed E-state index contributed by atoms with van der Waals surface area (Å²) < 4.78 is 25.3. The summed E-state index contributed by atoms with van der Waals surface area (Å²) in [4.78, 5) is 12.6. The Morgan fingerprint density at radius 2 is 1.76 bits per heavy atom. The van der Waals surface area contributed by atoms with Gasteiger partial charge in [0, 0.05) is 18.5 Å². The van der Waals surface area contributed by atoms with E-state index in [9.17, 15) is 13.2 Å². The second-order valence-corrected chi connectivity index (χ2v) is 10.8. The topological polar surface area (TPSA) is 81.1 Å². The molecule has 6 nitrogen and oxygen atoms in total.